The van der Waals surface area contributed by atoms with E-state index in [4.69, 9.17) is 9.47 Å². The van der Waals surface area contributed by atoms with E-state index in [0.29, 0.717) is 17.1 Å². The smallest absolute Gasteiger partial charge is 0.259 e. The van der Waals surface area contributed by atoms with Crippen LogP contribution in [0.5, 0.6) is 11.5 Å². The fourth-order valence-corrected chi connectivity index (χ4v) is 2.70. The van der Waals surface area contributed by atoms with Crippen molar-refractivity contribution < 1.29 is 14.3 Å². The van der Waals surface area contributed by atoms with Gasteiger partial charge in [0.1, 0.15) is 17.1 Å². The van der Waals surface area contributed by atoms with Crippen molar-refractivity contribution in [2.45, 2.75) is 6.54 Å². The molecule has 7 nitrogen and oxygen atoms in total. The molecule has 3 aromatic rings. The highest BCUT2D eigenvalue weighted by Gasteiger charge is 2.18. The van der Waals surface area contributed by atoms with Crippen molar-refractivity contribution in [2.75, 3.05) is 14.2 Å². The molecule has 0 bridgehead atoms. The summed E-state index contributed by atoms with van der Waals surface area (Å²) in [5.41, 5.74) is 2.80. The van der Waals surface area contributed by atoms with E-state index >= 15 is 0 Å². The average Bonchev–Trinajstić information content (AvgIpc) is 3.06. The maximum absolute atomic E-state index is 12.6. The Balaban J connectivity index is 1.77. The Hall–Kier alpha value is -3.35. The molecule has 3 rings (SSSR count). The number of aryl methyl sites for hydroxylation is 1. The normalized spacial score (nSPS) is 10.4. The van der Waals surface area contributed by atoms with Gasteiger partial charge in [-0.25, -0.2) is 0 Å². The van der Waals surface area contributed by atoms with Crippen LogP contribution in [0.1, 0.15) is 16.1 Å². The van der Waals surface area contributed by atoms with E-state index in [-0.39, 0.29) is 12.5 Å². The van der Waals surface area contributed by atoms with Gasteiger partial charge in [-0.15, -0.1) is 0 Å². The fraction of sp³-hybridized carbons (Fsp3) is 0.211. The number of hydrogen-bond donors (Lipinski definition) is 1. The van der Waals surface area contributed by atoms with E-state index in [1.54, 1.807) is 29.1 Å². The molecular formula is C19H20N4O3. The fourth-order valence-electron chi connectivity index (χ4n) is 2.70. The summed E-state index contributed by atoms with van der Waals surface area (Å²) in [5.74, 6) is 0.624. The molecule has 0 radical (unpaired) electrons. The molecule has 0 saturated heterocycles. The number of ether oxygens (including phenoxy) is 2. The number of rotatable bonds is 6. The van der Waals surface area contributed by atoms with Crippen LogP contribution in [0.4, 0.5) is 0 Å². The van der Waals surface area contributed by atoms with E-state index in [1.807, 2.05) is 31.3 Å². The molecular weight excluding hydrogens is 332 g/mol. The van der Waals surface area contributed by atoms with Gasteiger partial charge in [-0.3, -0.25) is 14.5 Å². The van der Waals surface area contributed by atoms with Crippen molar-refractivity contribution in [2.24, 2.45) is 7.05 Å². The molecule has 0 spiro atoms. The number of nitrogens with one attached hydrogen (secondary N) is 1. The van der Waals surface area contributed by atoms with E-state index in [1.165, 1.54) is 14.2 Å². The van der Waals surface area contributed by atoms with Crippen molar-refractivity contribution >= 4 is 5.91 Å². The highest BCUT2D eigenvalue weighted by molar-refractivity contribution is 5.99. The van der Waals surface area contributed by atoms with Crippen LogP contribution in [0.3, 0.4) is 0 Å². The quantitative estimate of drug-likeness (QED) is 0.737. The highest BCUT2D eigenvalue weighted by Crippen LogP contribution is 2.28. The first-order valence-electron chi connectivity index (χ1n) is 8.07. The minimum Gasteiger partial charge on any atom is -0.496 e. The molecule has 1 N–H and O–H groups in total. The van der Waals surface area contributed by atoms with Crippen LogP contribution in [-0.4, -0.2) is 34.9 Å². The standard InChI is InChI=1S/C19H20N4O3/c1-23-15(14-7-4-5-10-20-14)11-13(22-23)12-21-19(24)18-16(25-2)8-6-9-17(18)26-3/h4-11H,12H2,1-3H3,(H,21,24). The van der Waals surface area contributed by atoms with E-state index in [9.17, 15) is 4.79 Å². The summed E-state index contributed by atoms with van der Waals surface area (Å²) in [6, 6.07) is 12.8. The van der Waals surface area contributed by atoms with Gasteiger partial charge >= 0.3 is 0 Å². The van der Waals surface area contributed by atoms with Crippen LogP contribution in [-0.2, 0) is 13.6 Å². The Morgan fingerprint density at radius 3 is 2.46 bits per heavy atom. The number of nitrogens with zero attached hydrogens (tertiary/aromatic N) is 3. The third kappa shape index (κ3) is 3.51. The first-order valence-corrected chi connectivity index (χ1v) is 8.07. The summed E-state index contributed by atoms with van der Waals surface area (Å²) < 4.78 is 12.3. The average molecular weight is 352 g/mol. The first-order chi connectivity index (χ1) is 12.6. The Labute approximate surface area is 151 Å². The molecule has 26 heavy (non-hydrogen) atoms. The zero-order valence-corrected chi connectivity index (χ0v) is 14.9. The molecule has 1 amide bonds. The van der Waals surface area contributed by atoms with Gasteiger partial charge < -0.3 is 14.8 Å². The van der Waals surface area contributed by atoms with Crippen LogP contribution in [0.25, 0.3) is 11.4 Å². The maximum Gasteiger partial charge on any atom is 0.259 e. The number of benzene rings is 1. The molecule has 0 atom stereocenters. The number of amides is 1. The zero-order chi connectivity index (χ0) is 18.5. The summed E-state index contributed by atoms with van der Waals surface area (Å²) in [6.07, 6.45) is 1.73. The highest BCUT2D eigenvalue weighted by atomic mass is 16.5. The molecule has 0 aliphatic heterocycles. The third-order valence-corrected chi connectivity index (χ3v) is 3.94. The minimum atomic E-state index is -0.288. The number of hydrogen-bond acceptors (Lipinski definition) is 5. The molecule has 0 aliphatic carbocycles. The van der Waals surface area contributed by atoms with Crippen molar-refractivity contribution in [3.05, 3.63) is 59.9 Å². The Bertz CT molecular complexity index is 884. The van der Waals surface area contributed by atoms with Gasteiger partial charge in [0.15, 0.2) is 0 Å². The van der Waals surface area contributed by atoms with Gasteiger partial charge in [-0.2, -0.15) is 5.10 Å². The summed E-state index contributed by atoms with van der Waals surface area (Å²) in [7, 11) is 4.88. The molecule has 1 aromatic carbocycles. The number of carbonyl (C=O) groups excluding carboxylic acids is 1. The lowest BCUT2D eigenvalue weighted by molar-refractivity contribution is 0.0944. The first kappa shape index (κ1) is 17.5. The zero-order valence-electron chi connectivity index (χ0n) is 14.9. The predicted molar refractivity (Wildman–Crippen MR) is 97.2 cm³/mol. The van der Waals surface area contributed by atoms with Gasteiger partial charge in [-0.05, 0) is 30.3 Å². The van der Waals surface area contributed by atoms with Gasteiger partial charge in [0, 0.05) is 13.2 Å². The minimum absolute atomic E-state index is 0.278. The topological polar surface area (TPSA) is 78.3 Å². The van der Waals surface area contributed by atoms with E-state index in [2.05, 4.69) is 15.4 Å². The molecule has 2 aromatic heterocycles. The second-order valence-corrected chi connectivity index (χ2v) is 5.58. The van der Waals surface area contributed by atoms with Crippen molar-refractivity contribution in [3.8, 4) is 22.9 Å². The Morgan fingerprint density at radius 2 is 1.85 bits per heavy atom. The number of carbonyl (C=O) groups is 1. The van der Waals surface area contributed by atoms with Crippen LogP contribution in [0.15, 0.2) is 48.7 Å². The van der Waals surface area contributed by atoms with Gasteiger partial charge in [-0.1, -0.05) is 12.1 Å². The van der Waals surface area contributed by atoms with Gasteiger partial charge in [0.2, 0.25) is 0 Å². The lowest BCUT2D eigenvalue weighted by Gasteiger charge is -2.12. The molecule has 0 unspecified atom stereocenters. The molecule has 0 fully saturated rings. The molecule has 2 heterocycles. The molecule has 7 heteroatoms. The second kappa shape index (κ2) is 7.69. The van der Waals surface area contributed by atoms with Crippen molar-refractivity contribution in [1.29, 1.82) is 0 Å². The number of pyridine rings is 1. The van der Waals surface area contributed by atoms with E-state index in [0.717, 1.165) is 17.1 Å². The van der Waals surface area contributed by atoms with Gasteiger partial charge in [0.05, 0.1) is 37.8 Å². The van der Waals surface area contributed by atoms with Crippen molar-refractivity contribution in [3.63, 3.8) is 0 Å². The lowest BCUT2D eigenvalue weighted by atomic mass is 10.1. The Kier molecular flexibility index (Phi) is 5.17. The van der Waals surface area contributed by atoms with Crippen LogP contribution < -0.4 is 14.8 Å². The maximum atomic E-state index is 12.6. The van der Waals surface area contributed by atoms with Crippen molar-refractivity contribution in [1.82, 2.24) is 20.1 Å². The second-order valence-electron chi connectivity index (χ2n) is 5.58. The van der Waals surface area contributed by atoms with Crippen LogP contribution >= 0.6 is 0 Å². The van der Waals surface area contributed by atoms with Gasteiger partial charge in [0.25, 0.3) is 5.91 Å². The van der Waals surface area contributed by atoms with Crippen LogP contribution in [0.2, 0.25) is 0 Å². The monoisotopic (exact) mass is 352 g/mol. The largest absolute Gasteiger partial charge is 0.496 e. The SMILES string of the molecule is COc1cccc(OC)c1C(=O)NCc1cc(-c2ccccn2)n(C)n1. The number of aromatic nitrogens is 3. The summed E-state index contributed by atoms with van der Waals surface area (Å²) >= 11 is 0. The third-order valence-electron chi connectivity index (χ3n) is 3.94. The molecule has 134 valence electrons. The molecule has 0 saturated carbocycles. The lowest BCUT2D eigenvalue weighted by Crippen LogP contribution is -2.24. The Morgan fingerprint density at radius 1 is 1.12 bits per heavy atom. The van der Waals surface area contributed by atoms with E-state index < -0.39 is 0 Å². The number of methoxy groups -OCH3 is 2. The predicted octanol–water partition coefficient (Wildman–Crippen LogP) is 2.43. The van der Waals surface area contributed by atoms with Crippen LogP contribution in [0, 0.1) is 0 Å². The summed E-state index contributed by atoms with van der Waals surface area (Å²) in [6.45, 7) is 0.278. The summed E-state index contributed by atoms with van der Waals surface area (Å²) in [4.78, 5) is 17.0. The molecule has 0 aliphatic rings. The summed E-state index contributed by atoms with van der Waals surface area (Å²) in [5, 5.41) is 7.30.